The number of hydrazone groups is 1. The van der Waals surface area contributed by atoms with Crippen LogP contribution in [-0.2, 0) is 0 Å². The van der Waals surface area contributed by atoms with Crippen molar-refractivity contribution in [2.45, 2.75) is 13.8 Å². The molecule has 0 aromatic heterocycles. The summed E-state index contributed by atoms with van der Waals surface area (Å²) in [6.45, 7) is 4.32. The van der Waals surface area contributed by atoms with Gasteiger partial charge >= 0.3 is 0 Å². The molecular formula is C16H16F2N2O. The highest BCUT2D eigenvalue weighted by atomic mass is 19.1. The fourth-order valence-electron chi connectivity index (χ4n) is 1.75. The number of ether oxygens (including phenoxy) is 1. The molecular weight excluding hydrogens is 274 g/mol. The van der Waals surface area contributed by atoms with Crippen molar-refractivity contribution >= 4 is 11.4 Å². The summed E-state index contributed by atoms with van der Waals surface area (Å²) in [7, 11) is 0. The van der Waals surface area contributed by atoms with E-state index >= 15 is 0 Å². The van der Waals surface area contributed by atoms with E-state index in [1.807, 2.05) is 31.2 Å². The largest absolute Gasteiger partial charge is 0.494 e. The molecule has 0 saturated heterocycles. The van der Waals surface area contributed by atoms with E-state index in [-0.39, 0.29) is 5.69 Å². The normalized spacial score (nSPS) is 11.3. The molecule has 0 bridgehead atoms. The molecule has 5 heteroatoms. The average molecular weight is 290 g/mol. The Bertz CT molecular complexity index is 639. The van der Waals surface area contributed by atoms with Crippen molar-refractivity contribution in [1.82, 2.24) is 0 Å². The minimum atomic E-state index is -0.682. The summed E-state index contributed by atoms with van der Waals surface area (Å²) in [6.07, 6.45) is 0. The second-order valence-electron chi connectivity index (χ2n) is 4.39. The van der Waals surface area contributed by atoms with Crippen molar-refractivity contribution in [3.63, 3.8) is 0 Å². The molecule has 21 heavy (non-hydrogen) atoms. The van der Waals surface area contributed by atoms with Gasteiger partial charge in [-0.1, -0.05) is 0 Å². The van der Waals surface area contributed by atoms with Crippen LogP contribution in [0.4, 0.5) is 14.5 Å². The molecule has 0 aliphatic heterocycles. The molecule has 110 valence electrons. The van der Waals surface area contributed by atoms with Crippen LogP contribution in [-0.4, -0.2) is 12.3 Å². The van der Waals surface area contributed by atoms with E-state index < -0.39 is 11.6 Å². The minimum absolute atomic E-state index is 0.127. The number of rotatable bonds is 5. The Kier molecular flexibility index (Phi) is 4.87. The summed E-state index contributed by atoms with van der Waals surface area (Å²) in [5, 5.41) is 4.09. The predicted octanol–water partition coefficient (Wildman–Crippen LogP) is 4.20. The quantitative estimate of drug-likeness (QED) is 0.661. The fourth-order valence-corrected chi connectivity index (χ4v) is 1.75. The molecule has 0 amide bonds. The summed E-state index contributed by atoms with van der Waals surface area (Å²) in [5.74, 6) is -0.518. The number of anilines is 1. The Morgan fingerprint density at radius 3 is 2.48 bits per heavy atom. The Morgan fingerprint density at radius 2 is 1.86 bits per heavy atom. The van der Waals surface area contributed by atoms with Crippen molar-refractivity contribution < 1.29 is 13.5 Å². The van der Waals surface area contributed by atoms with Crippen molar-refractivity contribution in [3.05, 3.63) is 59.7 Å². The highest BCUT2D eigenvalue weighted by Crippen LogP contribution is 2.16. The van der Waals surface area contributed by atoms with Gasteiger partial charge < -0.3 is 4.74 Å². The third kappa shape index (κ3) is 4.02. The first-order chi connectivity index (χ1) is 10.1. The lowest BCUT2D eigenvalue weighted by Crippen LogP contribution is -2.01. The highest BCUT2D eigenvalue weighted by molar-refractivity contribution is 5.99. The van der Waals surface area contributed by atoms with Crippen LogP contribution in [0.2, 0.25) is 0 Å². The first-order valence-corrected chi connectivity index (χ1v) is 6.58. The SMILES string of the molecule is CCOc1ccc(/C(C)=N\Nc2ccc(F)cc2F)cc1. The van der Waals surface area contributed by atoms with Crippen LogP contribution in [0, 0.1) is 11.6 Å². The van der Waals surface area contributed by atoms with Crippen LogP contribution in [0.5, 0.6) is 5.75 Å². The first kappa shape index (κ1) is 15.0. The molecule has 2 rings (SSSR count). The minimum Gasteiger partial charge on any atom is -0.494 e. The highest BCUT2D eigenvalue weighted by Gasteiger charge is 2.03. The third-order valence-electron chi connectivity index (χ3n) is 2.86. The molecule has 1 N–H and O–H groups in total. The van der Waals surface area contributed by atoms with Crippen LogP contribution in [0.15, 0.2) is 47.6 Å². The van der Waals surface area contributed by atoms with Gasteiger partial charge in [0.15, 0.2) is 5.82 Å². The molecule has 2 aromatic carbocycles. The van der Waals surface area contributed by atoms with E-state index in [0.717, 1.165) is 17.4 Å². The van der Waals surface area contributed by atoms with Crippen molar-refractivity contribution in [3.8, 4) is 5.75 Å². The van der Waals surface area contributed by atoms with Gasteiger partial charge in [0.2, 0.25) is 0 Å². The maximum absolute atomic E-state index is 13.5. The van der Waals surface area contributed by atoms with Gasteiger partial charge in [0.25, 0.3) is 0 Å². The second kappa shape index (κ2) is 6.83. The van der Waals surface area contributed by atoms with Gasteiger partial charge in [0, 0.05) is 6.07 Å². The molecule has 0 spiro atoms. The molecule has 0 saturated carbocycles. The Balaban J connectivity index is 2.09. The molecule has 2 aromatic rings. The zero-order valence-electron chi connectivity index (χ0n) is 11.9. The molecule has 3 nitrogen and oxygen atoms in total. The number of hydrogen-bond acceptors (Lipinski definition) is 3. The summed E-state index contributed by atoms with van der Waals surface area (Å²) in [4.78, 5) is 0. The van der Waals surface area contributed by atoms with E-state index in [1.54, 1.807) is 6.92 Å². The van der Waals surface area contributed by atoms with Crippen LogP contribution < -0.4 is 10.2 Å². The average Bonchev–Trinajstić information content (AvgIpc) is 2.47. The molecule has 0 heterocycles. The second-order valence-corrected chi connectivity index (χ2v) is 4.39. The summed E-state index contributed by atoms with van der Waals surface area (Å²) in [5.41, 5.74) is 4.28. The Hall–Kier alpha value is -2.43. The molecule has 0 fully saturated rings. The van der Waals surface area contributed by atoms with Gasteiger partial charge in [-0.15, -0.1) is 0 Å². The van der Waals surface area contributed by atoms with Gasteiger partial charge in [0.05, 0.1) is 18.0 Å². The number of hydrogen-bond donors (Lipinski definition) is 1. The number of nitrogens with zero attached hydrogens (tertiary/aromatic N) is 1. The zero-order valence-corrected chi connectivity index (χ0v) is 11.9. The maximum atomic E-state index is 13.5. The molecule has 0 unspecified atom stereocenters. The Labute approximate surface area is 122 Å². The van der Waals surface area contributed by atoms with E-state index in [9.17, 15) is 8.78 Å². The fraction of sp³-hybridized carbons (Fsp3) is 0.188. The number of halogens is 2. The van der Waals surface area contributed by atoms with Crippen LogP contribution in [0.3, 0.4) is 0 Å². The standard InChI is InChI=1S/C16H16F2N2O/c1-3-21-14-7-4-12(5-8-14)11(2)19-20-16-9-6-13(17)10-15(16)18/h4-10,20H,3H2,1-2H3/b19-11-. The zero-order chi connectivity index (χ0) is 15.2. The third-order valence-corrected chi connectivity index (χ3v) is 2.86. The van der Waals surface area contributed by atoms with Crippen molar-refractivity contribution in [2.24, 2.45) is 5.10 Å². The lowest BCUT2D eigenvalue weighted by atomic mass is 10.1. The first-order valence-electron chi connectivity index (χ1n) is 6.58. The topological polar surface area (TPSA) is 33.6 Å². The van der Waals surface area contributed by atoms with E-state index in [2.05, 4.69) is 10.5 Å². The number of benzene rings is 2. The van der Waals surface area contributed by atoms with Crippen LogP contribution in [0.1, 0.15) is 19.4 Å². The molecule has 0 radical (unpaired) electrons. The van der Waals surface area contributed by atoms with Gasteiger partial charge in [-0.05, 0) is 55.8 Å². The van der Waals surface area contributed by atoms with E-state index in [0.29, 0.717) is 12.3 Å². The summed E-state index contributed by atoms with van der Waals surface area (Å²) in [6, 6.07) is 10.7. The lowest BCUT2D eigenvalue weighted by Gasteiger charge is -2.06. The smallest absolute Gasteiger partial charge is 0.151 e. The van der Waals surface area contributed by atoms with Crippen molar-refractivity contribution in [2.75, 3.05) is 12.0 Å². The van der Waals surface area contributed by atoms with Crippen LogP contribution >= 0.6 is 0 Å². The molecule has 0 aliphatic rings. The lowest BCUT2D eigenvalue weighted by molar-refractivity contribution is 0.340. The predicted molar refractivity (Wildman–Crippen MR) is 79.8 cm³/mol. The molecule has 0 aliphatic carbocycles. The molecule has 0 atom stereocenters. The maximum Gasteiger partial charge on any atom is 0.151 e. The summed E-state index contributed by atoms with van der Waals surface area (Å²) >= 11 is 0. The van der Waals surface area contributed by atoms with E-state index in [1.165, 1.54) is 12.1 Å². The van der Waals surface area contributed by atoms with Gasteiger partial charge in [-0.2, -0.15) is 5.10 Å². The monoisotopic (exact) mass is 290 g/mol. The van der Waals surface area contributed by atoms with Gasteiger partial charge in [-0.25, -0.2) is 8.78 Å². The van der Waals surface area contributed by atoms with Crippen LogP contribution in [0.25, 0.3) is 0 Å². The Morgan fingerprint density at radius 1 is 1.14 bits per heavy atom. The van der Waals surface area contributed by atoms with Gasteiger partial charge in [0.1, 0.15) is 11.6 Å². The number of nitrogens with one attached hydrogen (secondary N) is 1. The summed E-state index contributed by atoms with van der Waals surface area (Å²) < 4.78 is 31.6. The van der Waals surface area contributed by atoms with Crippen molar-refractivity contribution in [1.29, 1.82) is 0 Å². The van der Waals surface area contributed by atoms with Gasteiger partial charge in [-0.3, -0.25) is 5.43 Å². The van der Waals surface area contributed by atoms with E-state index in [4.69, 9.17) is 4.74 Å².